The minimum Gasteiger partial charge on any atom is -0.352 e. The smallest absolute Gasteiger partial charge is 0.217 e. The molecular weight excluding hydrogens is 238 g/mol. The molecule has 2 N–H and O–H groups in total. The van der Waals surface area contributed by atoms with Gasteiger partial charge in [-0.25, -0.2) is 0 Å². The third-order valence-electron chi connectivity index (χ3n) is 2.38. The van der Waals surface area contributed by atoms with Crippen LogP contribution in [0.3, 0.4) is 0 Å². The number of hydrogen-bond acceptors (Lipinski definition) is 2. The zero-order valence-electron chi connectivity index (χ0n) is 9.33. The number of benzene rings is 1. The highest BCUT2D eigenvalue weighted by molar-refractivity contribution is 6.30. The topological polar surface area (TPSA) is 57.8 Å². The second-order valence-electron chi connectivity index (χ2n) is 3.69. The molecule has 0 saturated carbocycles. The van der Waals surface area contributed by atoms with Gasteiger partial charge in [0.25, 0.3) is 0 Å². The fraction of sp³-hybridized carbons (Fsp3) is 0.167. The molecule has 1 aromatic carbocycles. The first-order chi connectivity index (χ1) is 8.16. The van der Waals surface area contributed by atoms with E-state index in [9.17, 15) is 4.79 Å². The van der Waals surface area contributed by atoms with E-state index in [0.29, 0.717) is 11.6 Å². The second-order valence-corrected chi connectivity index (χ2v) is 4.12. The maximum atomic E-state index is 10.9. The molecule has 5 heteroatoms. The Balaban J connectivity index is 2.24. The van der Waals surface area contributed by atoms with Crippen LogP contribution in [0.1, 0.15) is 12.5 Å². The molecule has 0 atom stereocenters. The second kappa shape index (κ2) is 5.01. The van der Waals surface area contributed by atoms with Crippen LogP contribution < -0.4 is 5.32 Å². The zero-order chi connectivity index (χ0) is 12.3. The van der Waals surface area contributed by atoms with Crippen molar-refractivity contribution in [2.24, 2.45) is 0 Å². The molecule has 2 aromatic rings. The van der Waals surface area contributed by atoms with Crippen LogP contribution in [0.4, 0.5) is 0 Å². The molecule has 0 unspecified atom stereocenters. The first-order valence-corrected chi connectivity index (χ1v) is 5.57. The normalized spacial score (nSPS) is 10.2. The third kappa shape index (κ3) is 2.85. The van der Waals surface area contributed by atoms with E-state index < -0.39 is 0 Å². The molecule has 0 aliphatic carbocycles. The predicted octanol–water partition coefficient (Wildman–Crippen LogP) is 2.37. The molecule has 0 aliphatic rings. The summed E-state index contributed by atoms with van der Waals surface area (Å²) in [7, 11) is 0. The largest absolute Gasteiger partial charge is 0.352 e. The predicted molar refractivity (Wildman–Crippen MR) is 66.6 cm³/mol. The van der Waals surface area contributed by atoms with Crippen LogP contribution in [-0.2, 0) is 11.3 Å². The Bertz CT molecular complexity index is 519. The van der Waals surface area contributed by atoms with Crippen LogP contribution in [0.15, 0.2) is 30.5 Å². The quantitative estimate of drug-likeness (QED) is 0.877. The lowest BCUT2D eigenvalue weighted by atomic mass is 10.1. The Labute approximate surface area is 104 Å². The number of amides is 1. The average Bonchev–Trinajstić information content (AvgIpc) is 2.75. The number of halogens is 1. The van der Waals surface area contributed by atoms with Crippen molar-refractivity contribution in [2.75, 3.05) is 0 Å². The van der Waals surface area contributed by atoms with Crippen LogP contribution in [0, 0.1) is 0 Å². The van der Waals surface area contributed by atoms with Gasteiger partial charge in [0.05, 0.1) is 11.9 Å². The van der Waals surface area contributed by atoms with E-state index in [1.165, 1.54) is 6.92 Å². The standard InChI is InChI=1S/C12H12ClN3O/c1-8(17)14-6-10-7-15-16-12(10)9-2-4-11(13)5-3-9/h2-5,7H,6H2,1H3,(H,14,17)(H,15,16). The van der Waals surface area contributed by atoms with Crippen molar-refractivity contribution in [2.45, 2.75) is 13.5 Å². The van der Waals surface area contributed by atoms with Gasteiger partial charge in [0.2, 0.25) is 5.91 Å². The van der Waals surface area contributed by atoms with E-state index in [1.807, 2.05) is 24.3 Å². The lowest BCUT2D eigenvalue weighted by molar-refractivity contribution is -0.119. The van der Waals surface area contributed by atoms with Gasteiger partial charge in [-0.05, 0) is 17.7 Å². The summed E-state index contributed by atoms with van der Waals surface area (Å²) < 4.78 is 0. The lowest BCUT2D eigenvalue weighted by Gasteiger charge is -2.04. The average molecular weight is 250 g/mol. The van der Waals surface area contributed by atoms with Crippen LogP contribution >= 0.6 is 11.6 Å². The Morgan fingerprint density at radius 3 is 2.76 bits per heavy atom. The maximum Gasteiger partial charge on any atom is 0.217 e. The monoisotopic (exact) mass is 249 g/mol. The summed E-state index contributed by atoms with van der Waals surface area (Å²) in [6.07, 6.45) is 1.71. The highest BCUT2D eigenvalue weighted by Gasteiger charge is 2.07. The van der Waals surface area contributed by atoms with E-state index >= 15 is 0 Å². The van der Waals surface area contributed by atoms with Crippen molar-refractivity contribution < 1.29 is 4.79 Å². The number of aromatic nitrogens is 2. The summed E-state index contributed by atoms with van der Waals surface area (Å²) in [4.78, 5) is 10.9. The van der Waals surface area contributed by atoms with Gasteiger partial charge in [0.1, 0.15) is 0 Å². The fourth-order valence-electron chi connectivity index (χ4n) is 1.53. The maximum absolute atomic E-state index is 10.9. The van der Waals surface area contributed by atoms with Gasteiger partial charge >= 0.3 is 0 Å². The molecule has 0 aliphatic heterocycles. The molecular formula is C12H12ClN3O. The number of rotatable bonds is 3. The molecule has 1 aromatic heterocycles. The molecule has 0 radical (unpaired) electrons. The summed E-state index contributed by atoms with van der Waals surface area (Å²) >= 11 is 5.83. The van der Waals surface area contributed by atoms with E-state index in [1.54, 1.807) is 6.20 Å². The summed E-state index contributed by atoms with van der Waals surface area (Å²) in [6.45, 7) is 1.95. The Morgan fingerprint density at radius 2 is 2.12 bits per heavy atom. The Morgan fingerprint density at radius 1 is 1.41 bits per heavy atom. The highest BCUT2D eigenvalue weighted by atomic mass is 35.5. The molecule has 4 nitrogen and oxygen atoms in total. The number of nitrogens with one attached hydrogen (secondary N) is 2. The fourth-order valence-corrected chi connectivity index (χ4v) is 1.66. The van der Waals surface area contributed by atoms with Gasteiger partial charge in [-0.2, -0.15) is 5.10 Å². The Kier molecular flexibility index (Phi) is 3.44. The van der Waals surface area contributed by atoms with Crippen LogP contribution in [0.2, 0.25) is 5.02 Å². The van der Waals surface area contributed by atoms with Gasteiger partial charge in [-0.3, -0.25) is 9.89 Å². The molecule has 88 valence electrons. The van der Waals surface area contributed by atoms with E-state index in [-0.39, 0.29) is 5.91 Å². The van der Waals surface area contributed by atoms with Gasteiger partial charge in [-0.1, -0.05) is 23.7 Å². The van der Waals surface area contributed by atoms with Crippen molar-refractivity contribution in [1.82, 2.24) is 15.5 Å². The summed E-state index contributed by atoms with van der Waals surface area (Å²) in [5.41, 5.74) is 2.84. The van der Waals surface area contributed by atoms with Crippen molar-refractivity contribution in [3.8, 4) is 11.3 Å². The lowest BCUT2D eigenvalue weighted by Crippen LogP contribution is -2.18. The van der Waals surface area contributed by atoms with Gasteiger partial charge < -0.3 is 5.32 Å². The van der Waals surface area contributed by atoms with Crippen molar-refractivity contribution in [3.63, 3.8) is 0 Å². The summed E-state index contributed by atoms with van der Waals surface area (Å²) in [5.74, 6) is -0.0618. The number of nitrogens with zero attached hydrogens (tertiary/aromatic N) is 1. The molecule has 0 saturated heterocycles. The van der Waals surface area contributed by atoms with Crippen molar-refractivity contribution in [1.29, 1.82) is 0 Å². The highest BCUT2D eigenvalue weighted by Crippen LogP contribution is 2.22. The summed E-state index contributed by atoms with van der Waals surface area (Å²) in [5, 5.41) is 10.3. The first kappa shape index (κ1) is 11.7. The molecule has 2 rings (SSSR count). The van der Waals surface area contributed by atoms with Crippen LogP contribution in [0.5, 0.6) is 0 Å². The number of carbonyl (C=O) groups is 1. The number of carbonyl (C=O) groups excluding carboxylic acids is 1. The third-order valence-corrected chi connectivity index (χ3v) is 2.63. The van der Waals surface area contributed by atoms with Crippen molar-refractivity contribution >= 4 is 17.5 Å². The minimum absolute atomic E-state index is 0.0618. The van der Waals surface area contributed by atoms with Gasteiger partial charge in [-0.15, -0.1) is 0 Å². The SMILES string of the molecule is CC(=O)NCc1cn[nH]c1-c1ccc(Cl)cc1. The zero-order valence-corrected chi connectivity index (χ0v) is 10.1. The van der Waals surface area contributed by atoms with E-state index in [2.05, 4.69) is 15.5 Å². The van der Waals surface area contributed by atoms with E-state index in [0.717, 1.165) is 16.8 Å². The molecule has 1 heterocycles. The van der Waals surface area contributed by atoms with Crippen LogP contribution in [-0.4, -0.2) is 16.1 Å². The minimum atomic E-state index is -0.0618. The molecule has 17 heavy (non-hydrogen) atoms. The first-order valence-electron chi connectivity index (χ1n) is 5.19. The van der Waals surface area contributed by atoms with Crippen LogP contribution in [0.25, 0.3) is 11.3 Å². The van der Waals surface area contributed by atoms with Gasteiger partial charge in [0, 0.05) is 24.1 Å². The molecule has 0 bridgehead atoms. The number of aromatic amines is 1. The number of H-pyrrole nitrogens is 1. The van der Waals surface area contributed by atoms with Crippen molar-refractivity contribution in [3.05, 3.63) is 41.0 Å². The molecule has 1 amide bonds. The molecule has 0 fully saturated rings. The Hall–Kier alpha value is -1.81. The van der Waals surface area contributed by atoms with E-state index in [4.69, 9.17) is 11.6 Å². The summed E-state index contributed by atoms with van der Waals surface area (Å²) in [6, 6.07) is 7.46. The number of hydrogen-bond donors (Lipinski definition) is 2. The molecule has 0 spiro atoms. The van der Waals surface area contributed by atoms with Gasteiger partial charge in [0.15, 0.2) is 0 Å².